The summed E-state index contributed by atoms with van der Waals surface area (Å²) in [5.41, 5.74) is 0.523. The number of nitrogens with zero attached hydrogens (tertiary/aromatic N) is 1. The molecule has 0 saturated heterocycles. The van der Waals surface area contributed by atoms with Gasteiger partial charge in [0.15, 0.2) is 5.79 Å². The van der Waals surface area contributed by atoms with Gasteiger partial charge in [-0.15, -0.1) is 0 Å². The number of rotatable bonds is 3. The highest BCUT2D eigenvalue weighted by molar-refractivity contribution is 9.10. The van der Waals surface area contributed by atoms with Gasteiger partial charge in [0, 0.05) is 31.5 Å². The molecule has 4 heteroatoms. The van der Waals surface area contributed by atoms with Gasteiger partial charge in [-0.25, -0.2) is 0 Å². The van der Waals surface area contributed by atoms with Gasteiger partial charge in [-0.2, -0.15) is 5.26 Å². The highest BCUT2D eigenvalue weighted by atomic mass is 79.9. The van der Waals surface area contributed by atoms with Crippen LogP contribution < -0.4 is 0 Å². The maximum Gasteiger partial charge on any atom is 0.171 e. The van der Waals surface area contributed by atoms with Crippen LogP contribution in [0.4, 0.5) is 0 Å². The lowest BCUT2D eigenvalue weighted by Crippen LogP contribution is -2.56. The zero-order valence-corrected chi connectivity index (χ0v) is 11.5. The van der Waals surface area contributed by atoms with Gasteiger partial charge in [0.05, 0.1) is 11.5 Å². The lowest BCUT2D eigenvalue weighted by molar-refractivity contribution is -0.269. The highest BCUT2D eigenvalue weighted by Crippen LogP contribution is 2.52. The Bertz CT molecular complexity index is 455. The van der Waals surface area contributed by atoms with E-state index in [2.05, 4.69) is 22.0 Å². The molecule has 3 nitrogen and oxygen atoms in total. The summed E-state index contributed by atoms with van der Waals surface area (Å²) in [4.78, 5) is 0. The molecule has 1 saturated carbocycles. The Morgan fingerprint density at radius 3 is 2.41 bits per heavy atom. The zero-order chi connectivity index (χ0) is 12.5. The van der Waals surface area contributed by atoms with Gasteiger partial charge < -0.3 is 9.47 Å². The Morgan fingerprint density at radius 1 is 1.29 bits per heavy atom. The Labute approximate surface area is 109 Å². The van der Waals surface area contributed by atoms with Gasteiger partial charge in [-0.1, -0.05) is 28.1 Å². The van der Waals surface area contributed by atoms with Crippen LogP contribution in [0.25, 0.3) is 0 Å². The van der Waals surface area contributed by atoms with E-state index in [9.17, 15) is 5.26 Å². The minimum absolute atomic E-state index is 0.490. The molecule has 0 radical (unpaired) electrons. The SMILES string of the molecule is COC1(OC)CC(C#N)(c2cccc(Br)c2)C1. The molecule has 0 unspecified atom stereocenters. The van der Waals surface area contributed by atoms with Crippen LogP contribution >= 0.6 is 15.9 Å². The van der Waals surface area contributed by atoms with Crippen LogP contribution in [0.5, 0.6) is 0 Å². The predicted molar refractivity (Wildman–Crippen MR) is 67.4 cm³/mol. The summed E-state index contributed by atoms with van der Waals surface area (Å²) >= 11 is 3.43. The second-order valence-corrected chi connectivity index (χ2v) is 5.29. The quantitative estimate of drug-likeness (QED) is 0.805. The van der Waals surface area contributed by atoms with E-state index >= 15 is 0 Å². The summed E-state index contributed by atoms with van der Waals surface area (Å²) in [6.07, 6.45) is 1.14. The minimum Gasteiger partial charge on any atom is -0.353 e. The van der Waals surface area contributed by atoms with Crippen molar-refractivity contribution < 1.29 is 9.47 Å². The van der Waals surface area contributed by atoms with Crippen molar-refractivity contribution in [1.29, 1.82) is 5.26 Å². The van der Waals surface area contributed by atoms with Crippen LogP contribution in [0, 0.1) is 11.3 Å². The zero-order valence-electron chi connectivity index (χ0n) is 9.87. The highest BCUT2D eigenvalue weighted by Gasteiger charge is 2.57. The van der Waals surface area contributed by atoms with Crippen molar-refractivity contribution in [3.63, 3.8) is 0 Å². The molecule has 0 bridgehead atoms. The molecule has 1 aromatic carbocycles. The van der Waals surface area contributed by atoms with Crippen LogP contribution in [0.15, 0.2) is 28.7 Å². The Hall–Kier alpha value is -0.890. The van der Waals surface area contributed by atoms with Gasteiger partial charge in [0.25, 0.3) is 0 Å². The fourth-order valence-electron chi connectivity index (χ4n) is 2.37. The normalized spacial score (nSPS) is 20.4. The van der Waals surface area contributed by atoms with E-state index in [-0.39, 0.29) is 0 Å². The van der Waals surface area contributed by atoms with E-state index in [0.717, 1.165) is 10.0 Å². The molecule has 0 aromatic heterocycles. The van der Waals surface area contributed by atoms with E-state index < -0.39 is 11.2 Å². The fourth-order valence-corrected chi connectivity index (χ4v) is 2.77. The molecule has 90 valence electrons. The van der Waals surface area contributed by atoms with E-state index in [1.54, 1.807) is 14.2 Å². The van der Waals surface area contributed by atoms with Crippen molar-refractivity contribution in [3.8, 4) is 6.07 Å². The topological polar surface area (TPSA) is 42.2 Å². The van der Waals surface area contributed by atoms with E-state index in [1.165, 1.54) is 0 Å². The molecule has 17 heavy (non-hydrogen) atoms. The molecule has 0 N–H and O–H groups in total. The molecule has 1 fully saturated rings. The molecule has 0 spiro atoms. The van der Waals surface area contributed by atoms with Crippen LogP contribution in [0.1, 0.15) is 18.4 Å². The number of nitriles is 1. The first kappa shape index (κ1) is 12.6. The summed E-state index contributed by atoms with van der Waals surface area (Å²) in [5, 5.41) is 9.43. The summed E-state index contributed by atoms with van der Waals surface area (Å²) in [6, 6.07) is 10.3. The smallest absolute Gasteiger partial charge is 0.171 e. The third-order valence-corrected chi connectivity index (χ3v) is 3.97. The molecular weight excluding hydrogens is 282 g/mol. The van der Waals surface area contributed by atoms with Crippen molar-refractivity contribution >= 4 is 15.9 Å². The van der Waals surface area contributed by atoms with Crippen molar-refractivity contribution in [3.05, 3.63) is 34.3 Å². The van der Waals surface area contributed by atoms with Gasteiger partial charge in [-0.05, 0) is 17.7 Å². The summed E-state index contributed by atoms with van der Waals surface area (Å²) < 4.78 is 11.7. The first-order valence-electron chi connectivity index (χ1n) is 5.37. The third kappa shape index (κ3) is 1.99. The average Bonchev–Trinajstić information content (AvgIpc) is 2.30. The molecule has 1 aliphatic rings. The van der Waals surface area contributed by atoms with Crippen molar-refractivity contribution in [2.45, 2.75) is 24.0 Å². The standard InChI is InChI=1S/C13H14BrNO2/c1-16-13(17-2)7-12(8-13,9-15)10-4-3-5-11(14)6-10/h3-6H,7-8H2,1-2H3. The molecular formula is C13H14BrNO2. The van der Waals surface area contributed by atoms with Gasteiger partial charge in [0.1, 0.15) is 0 Å². The first-order valence-corrected chi connectivity index (χ1v) is 6.17. The van der Waals surface area contributed by atoms with Crippen molar-refractivity contribution in [1.82, 2.24) is 0 Å². The monoisotopic (exact) mass is 295 g/mol. The third-order valence-electron chi connectivity index (χ3n) is 3.48. The van der Waals surface area contributed by atoms with Crippen molar-refractivity contribution in [2.75, 3.05) is 14.2 Å². The van der Waals surface area contributed by atoms with Crippen LogP contribution in [0.3, 0.4) is 0 Å². The molecule has 0 heterocycles. The van der Waals surface area contributed by atoms with Crippen LogP contribution in [0.2, 0.25) is 0 Å². The fraction of sp³-hybridized carbons (Fsp3) is 0.462. The number of halogens is 1. The summed E-state index contributed by atoms with van der Waals surface area (Å²) in [6.45, 7) is 0. The van der Waals surface area contributed by atoms with E-state index in [1.807, 2.05) is 24.3 Å². The number of ether oxygens (including phenoxy) is 2. The summed E-state index contributed by atoms with van der Waals surface area (Å²) in [5.74, 6) is -0.599. The van der Waals surface area contributed by atoms with E-state index in [0.29, 0.717) is 12.8 Å². The number of methoxy groups -OCH3 is 2. The maximum absolute atomic E-state index is 9.43. The minimum atomic E-state index is -0.599. The summed E-state index contributed by atoms with van der Waals surface area (Å²) in [7, 11) is 3.23. The van der Waals surface area contributed by atoms with Gasteiger partial charge in [0.2, 0.25) is 0 Å². The van der Waals surface area contributed by atoms with E-state index in [4.69, 9.17) is 9.47 Å². The molecule has 1 aliphatic carbocycles. The molecule has 1 aromatic rings. The number of benzene rings is 1. The Kier molecular flexibility index (Phi) is 3.26. The van der Waals surface area contributed by atoms with Gasteiger partial charge >= 0.3 is 0 Å². The first-order chi connectivity index (χ1) is 8.10. The number of hydrogen-bond acceptors (Lipinski definition) is 3. The van der Waals surface area contributed by atoms with Crippen molar-refractivity contribution in [2.24, 2.45) is 0 Å². The molecule has 0 amide bonds. The largest absolute Gasteiger partial charge is 0.353 e. The lowest BCUT2D eigenvalue weighted by Gasteiger charge is -2.50. The average molecular weight is 296 g/mol. The second kappa shape index (κ2) is 4.41. The lowest BCUT2D eigenvalue weighted by atomic mass is 9.61. The Morgan fingerprint density at radius 2 is 1.94 bits per heavy atom. The second-order valence-electron chi connectivity index (χ2n) is 4.38. The molecule has 2 rings (SSSR count). The Balaban J connectivity index is 2.29. The molecule has 0 aliphatic heterocycles. The maximum atomic E-state index is 9.43. The van der Waals surface area contributed by atoms with Crippen LogP contribution in [-0.2, 0) is 14.9 Å². The number of hydrogen-bond donors (Lipinski definition) is 0. The molecule has 0 atom stereocenters. The van der Waals surface area contributed by atoms with Crippen LogP contribution in [-0.4, -0.2) is 20.0 Å². The predicted octanol–water partition coefficient (Wildman–Crippen LogP) is 2.99. The van der Waals surface area contributed by atoms with Gasteiger partial charge in [-0.3, -0.25) is 0 Å².